The molecule has 6 heteroatoms. The van der Waals surface area contributed by atoms with E-state index in [9.17, 15) is 9.59 Å². The number of terminal acetylenes is 1. The Morgan fingerprint density at radius 1 is 1.61 bits per heavy atom. The molecule has 0 spiro atoms. The summed E-state index contributed by atoms with van der Waals surface area (Å²) in [5.74, 6) is 2.17. The molecule has 5 nitrogen and oxygen atoms in total. The van der Waals surface area contributed by atoms with Crippen LogP contribution in [0, 0.1) is 12.3 Å². The van der Waals surface area contributed by atoms with Gasteiger partial charge in [-0.25, -0.2) is 4.79 Å². The molecule has 0 saturated carbocycles. The number of hydrogen-bond donors (Lipinski definition) is 1. The molecule has 1 heterocycles. The lowest BCUT2D eigenvalue weighted by Crippen LogP contribution is -2.50. The van der Waals surface area contributed by atoms with Crippen LogP contribution in [0.15, 0.2) is 0 Å². The number of urea groups is 1. The summed E-state index contributed by atoms with van der Waals surface area (Å²) in [6.07, 6.45) is 6.17. The number of carboxylic acids is 1. The molecule has 18 heavy (non-hydrogen) atoms. The topological polar surface area (TPSA) is 60.9 Å². The van der Waals surface area contributed by atoms with Crippen LogP contribution in [0.1, 0.15) is 13.3 Å². The van der Waals surface area contributed by atoms with E-state index in [2.05, 4.69) is 12.8 Å². The van der Waals surface area contributed by atoms with E-state index < -0.39 is 5.97 Å². The van der Waals surface area contributed by atoms with Gasteiger partial charge in [-0.2, -0.15) is 11.8 Å². The number of carbonyl (C=O) groups excluding carboxylic acids is 1. The fraction of sp³-hybridized carbons (Fsp3) is 0.667. The molecule has 1 atom stereocenters. The molecule has 0 aliphatic carbocycles. The van der Waals surface area contributed by atoms with Crippen LogP contribution in [0.3, 0.4) is 0 Å². The van der Waals surface area contributed by atoms with Crippen LogP contribution in [0.25, 0.3) is 0 Å². The first kappa shape index (κ1) is 14.7. The predicted octanol–water partition coefficient (Wildman–Crippen LogP) is 0.954. The van der Waals surface area contributed by atoms with Crippen LogP contribution >= 0.6 is 11.8 Å². The van der Waals surface area contributed by atoms with E-state index in [1.165, 1.54) is 4.90 Å². The van der Waals surface area contributed by atoms with E-state index in [4.69, 9.17) is 11.5 Å². The molecule has 1 N–H and O–H groups in total. The van der Waals surface area contributed by atoms with Gasteiger partial charge in [-0.15, -0.1) is 6.42 Å². The van der Waals surface area contributed by atoms with E-state index in [0.717, 1.165) is 12.2 Å². The Morgan fingerprint density at radius 3 is 2.89 bits per heavy atom. The maximum absolute atomic E-state index is 12.2. The zero-order chi connectivity index (χ0) is 13.5. The van der Waals surface area contributed by atoms with Gasteiger partial charge in [-0.1, -0.05) is 12.8 Å². The van der Waals surface area contributed by atoms with E-state index in [-0.39, 0.29) is 19.1 Å². The highest BCUT2D eigenvalue weighted by Crippen LogP contribution is 2.21. The lowest BCUT2D eigenvalue weighted by Gasteiger charge is -2.34. The fourth-order valence-corrected chi connectivity index (χ4v) is 2.98. The average Bonchev–Trinajstić information content (AvgIpc) is 2.37. The van der Waals surface area contributed by atoms with E-state index >= 15 is 0 Å². The van der Waals surface area contributed by atoms with Gasteiger partial charge in [0.25, 0.3) is 0 Å². The first-order chi connectivity index (χ1) is 8.58. The summed E-state index contributed by atoms with van der Waals surface area (Å²) in [5.41, 5.74) is 0. The summed E-state index contributed by atoms with van der Waals surface area (Å²) in [6.45, 7) is 3.10. The van der Waals surface area contributed by atoms with Crippen LogP contribution in [0.2, 0.25) is 0 Å². The average molecular weight is 270 g/mol. The lowest BCUT2D eigenvalue weighted by atomic mass is 10.3. The van der Waals surface area contributed by atoms with Crippen molar-refractivity contribution in [2.75, 3.05) is 31.9 Å². The van der Waals surface area contributed by atoms with Crippen molar-refractivity contribution in [2.45, 2.75) is 18.6 Å². The van der Waals surface area contributed by atoms with Gasteiger partial charge in [0.15, 0.2) is 0 Å². The highest BCUT2D eigenvalue weighted by Gasteiger charge is 2.27. The quantitative estimate of drug-likeness (QED) is 0.773. The summed E-state index contributed by atoms with van der Waals surface area (Å²) < 4.78 is 0. The van der Waals surface area contributed by atoms with Crippen molar-refractivity contribution in [3.05, 3.63) is 0 Å². The highest BCUT2D eigenvalue weighted by molar-refractivity contribution is 8.00. The second-order valence-electron chi connectivity index (χ2n) is 4.08. The zero-order valence-corrected chi connectivity index (χ0v) is 11.3. The van der Waals surface area contributed by atoms with Gasteiger partial charge in [0.2, 0.25) is 0 Å². The summed E-state index contributed by atoms with van der Waals surface area (Å²) >= 11 is 1.85. The number of aliphatic carboxylic acids is 1. The number of nitrogens with zero attached hydrogens (tertiary/aromatic N) is 2. The molecule has 0 aromatic carbocycles. The Bertz CT molecular complexity index is 354. The summed E-state index contributed by atoms with van der Waals surface area (Å²) in [7, 11) is 0. The Balaban J connectivity index is 2.64. The first-order valence-corrected chi connectivity index (χ1v) is 6.94. The summed E-state index contributed by atoms with van der Waals surface area (Å²) in [4.78, 5) is 25.8. The minimum atomic E-state index is -1.04. The maximum Gasteiger partial charge on any atom is 0.323 e. The standard InChI is InChI=1S/C12H18N2O3S/c1-3-5-13(9-11(15)16)12(17)14-6-7-18-10(4-2)8-14/h1,10H,4-9H2,2H3,(H,15,16). The maximum atomic E-state index is 12.2. The smallest absolute Gasteiger partial charge is 0.323 e. The molecule has 1 aliphatic rings. The largest absolute Gasteiger partial charge is 0.480 e. The van der Waals surface area contributed by atoms with Crippen molar-refractivity contribution >= 4 is 23.8 Å². The van der Waals surface area contributed by atoms with Gasteiger partial charge >= 0.3 is 12.0 Å². The molecule has 0 aromatic rings. The molecule has 1 saturated heterocycles. The Morgan fingerprint density at radius 2 is 2.33 bits per heavy atom. The van der Waals surface area contributed by atoms with Crippen molar-refractivity contribution in [1.29, 1.82) is 0 Å². The third-order valence-corrected chi connectivity index (χ3v) is 4.12. The first-order valence-electron chi connectivity index (χ1n) is 5.89. The van der Waals surface area contributed by atoms with Crippen LogP contribution in [-0.2, 0) is 4.79 Å². The Labute approximate surface area is 112 Å². The second kappa shape index (κ2) is 7.17. The van der Waals surface area contributed by atoms with Crippen LogP contribution < -0.4 is 0 Å². The fourth-order valence-electron chi connectivity index (χ4n) is 1.80. The van der Waals surface area contributed by atoms with Crippen LogP contribution in [0.4, 0.5) is 4.79 Å². The molecule has 0 bridgehead atoms. The van der Waals surface area contributed by atoms with Crippen molar-refractivity contribution in [3.8, 4) is 12.3 Å². The monoisotopic (exact) mass is 270 g/mol. The number of amides is 2. The molecule has 0 radical (unpaired) electrons. The number of carbonyl (C=O) groups is 2. The Hall–Kier alpha value is -1.35. The molecule has 1 aliphatic heterocycles. The van der Waals surface area contributed by atoms with Crippen molar-refractivity contribution in [1.82, 2.24) is 9.80 Å². The van der Waals surface area contributed by atoms with Gasteiger partial charge < -0.3 is 14.9 Å². The molecule has 100 valence electrons. The Kier molecular flexibility index (Phi) is 5.86. The van der Waals surface area contributed by atoms with Crippen molar-refractivity contribution in [3.63, 3.8) is 0 Å². The molecule has 1 rings (SSSR count). The molecule has 2 amide bonds. The number of carboxylic acid groups (broad SMARTS) is 1. The van der Waals surface area contributed by atoms with Crippen LogP contribution in [0.5, 0.6) is 0 Å². The predicted molar refractivity (Wildman–Crippen MR) is 71.5 cm³/mol. The van der Waals surface area contributed by atoms with E-state index in [1.54, 1.807) is 4.90 Å². The van der Waals surface area contributed by atoms with Gasteiger partial charge in [0.05, 0.1) is 6.54 Å². The minimum absolute atomic E-state index is 0.0333. The van der Waals surface area contributed by atoms with Gasteiger partial charge in [0, 0.05) is 24.1 Å². The summed E-state index contributed by atoms with van der Waals surface area (Å²) in [5, 5.41) is 9.20. The molecular weight excluding hydrogens is 252 g/mol. The zero-order valence-electron chi connectivity index (χ0n) is 10.5. The third kappa shape index (κ3) is 4.15. The van der Waals surface area contributed by atoms with Crippen molar-refractivity contribution < 1.29 is 14.7 Å². The SMILES string of the molecule is C#CCN(CC(=O)O)C(=O)N1CCSC(CC)C1. The lowest BCUT2D eigenvalue weighted by molar-refractivity contribution is -0.137. The molecule has 0 aromatic heterocycles. The van der Waals surface area contributed by atoms with Gasteiger partial charge in [-0.3, -0.25) is 4.79 Å². The highest BCUT2D eigenvalue weighted by atomic mass is 32.2. The summed E-state index contributed by atoms with van der Waals surface area (Å²) in [6, 6.07) is -0.269. The normalized spacial score (nSPS) is 19.1. The molecule has 1 unspecified atom stereocenters. The second-order valence-corrected chi connectivity index (χ2v) is 5.49. The minimum Gasteiger partial charge on any atom is -0.480 e. The van der Waals surface area contributed by atoms with Crippen molar-refractivity contribution in [2.24, 2.45) is 0 Å². The molecular formula is C12H18N2O3S. The van der Waals surface area contributed by atoms with Gasteiger partial charge in [0.1, 0.15) is 6.54 Å². The van der Waals surface area contributed by atoms with E-state index in [1.807, 2.05) is 11.8 Å². The number of rotatable bonds is 4. The van der Waals surface area contributed by atoms with Gasteiger partial charge in [-0.05, 0) is 6.42 Å². The van der Waals surface area contributed by atoms with Crippen LogP contribution in [-0.4, -0.2) is 64.1 Å². The number of thioether (sulfide) groups is 1. The third-order valence-electron chi connectivity index (χ3n) is 2.74. The molecule has 1 fully saturated rings. The number of hydrogen-bond acceptors (Lipinski definition) is 3. The van der Waals surface area contributed by atoms with E-state index in [0.29, 0.717) is 18.3 Å².